The number of carbonyl (C=O) groups is 1. The van der Waals surface area contributed by atoms with Gasteiger partial charge in [-0.2, -0.15) is 0 Å². The quantitative estimate of drug-likeness (QED) is 0.901. The Kier molecular flexibility index (Phi) is 5.29. The zero-order chi connectivity index (χ0) is 16.2. The van der Waals surface area contributed by atoms with E-state index >= 15 is 0 Å². The largest absolute Gasteiger partial charge is 0.444 e. The lowest BCUT2D eigenvalue weighted by Gasteiger charge is -2.34. The molecule has 1 aliphatic rings. The first-order chi connectivity index (χ1) is 10.4. The molecule has 1 amide bonds. The van der Waals surface area contributed by atoms with E-state index in [4.69, 9.17) is 10.5 Å². The molecule has 1 heterocycles. The molecule has 1 saturated heterocycles. The molecule has 2 rings (SSSR count). The van der Waals surface area contributed by atoms with Gasteiger partial charge in [-0.15, -0.1) is 0 Å². The summed E-state index contributed by atoms with van der Waals surface area (Å²) in [7, 11) is 0. The van der Waals surface area contributed by atoms with Crippen LogP contribution < -0.4 is 11.1 Å². The molecule has 0 spiro atoms. The third-order valence-electron chi connectivity index (χ3n) is 3.61. The first-order valence-electron chi connectivity index (χ1n) is 7.91. The van der Waals surface area contributed by atoms with E-state index in [0.29, 0.717) is 13.1 Å². The number of benzene rings is 1. The number of amides is 1. The van der Waals surface area contributed by atoms with E-state index in [9.17, 15) is 4.79 Å². The van der Waals surface area contributed by atoms with Crippen molar-refractivity contribution < 1.29 is 9.53 Å². The molecule has 3 N–H and O–H groups in total. The van der Waals surface area contributed by atoms with Crippen molar-refractivity contribution in [3.8, 4) is 0 Å². The minimum Gasteiger partial charge on any atom is -0.444 e. The molecule has 0 radical (unpaired) electrons. The van der Waals surface area contributed by atoms with E-state index in [-0.39, 0.29) is 12.1 Å². The molecule has 0 saturated carbocycles. The van der Waals surface area contributed by atoms with Crippen LogP contribution in [-0.4, -0.2) is 35.7 Å². The lowest BCUT2D eigenvalue weighted by Crippen LogP contribution is -2.46. The molecule has 1 aliphatic heterocycles. The Bertz CT molecular complexity index is 511. The van der Waals surface area contributed by atoms with Crippen molar-refractivity contribution in [3.63, 3.8) is 0 Å². The summed E-state index contributed by atoms with van der Waals surface area (Å²) < 4.78 is 5.45. The second-order valence-electron chi connectivity index (χ2n) is 6.81. The number of piperidine rings is 1. The fourth-order valence-corrected chi connectivity index (χ4v) is 2.61. The zero-order valence-electron chi connectivity index (χ0n) is 13.8. The van der Waals surface area contributed by atoms with Crippen molar-refractivity contribution in [2.45, 2.75) is 51.8 Å². The third kappa shape index (κ3) is 4.91. The summed E-state index contributed by atoms with van der Waals surface area (Å²) in [6.45, 7) is 7.64. The van der Waals surface area contributed by atoms with Crippen molar-refractivity contribution >= 4 is 11.8 Å². The molecule has 1 unspecified atom stereocenters. The summed E-state index contributed by atoms with van der Waals surface area (Å²) in [5, 5.41) is 3.50. The minimum absolute atomic E-state index is 0.227. The lowest BCUT2D eigenvalue weighted by atomic mass is 10.1. The SMILES string of the molecule is CC(C)(C)OC(=O)N1CCCC(Nc2cccc(CN)c2)C1. The van der Waals surface area contributed by atoms with Crippen LogP contribution in [0.25, 0.3) is 0 Å². The van der Waals surface area contributed by atoms with Gasteiger partial charge < -0.3 is 20.7 Å². The van der Waals surface area contributed by atoms with Gasteiger partial charge in [-0.3, -0.25) is 0 Å². The highest BCUT2D eigenvalue weighted by Gasteiger charge is 2.27. The number of carbonyl (C=O) groups excluding carboxylic acids is 1. The second kappa shape index (κ2) is 7.01. The van der Waals surface area contributed by atoms with Crippen LogP contribution >= 0.6 is 0 Å². The molecular formula is C17H27N3O2. The topological polar surface area (TPSA) is 67.6 Å². The van der Waals surface area contributed by atoms with E-state index in [1.165, 1.54) is 0 Å². The van der Waals surface area contributed by atoms with Crippen molar-refractivity contribution in [2.24, 2.45) is 5.73 Å². The number of hydrogen-bond acceptors (Lipinski definition) is 4. The fraction of sp³-hybridized carbons (Fsp3) is 0.588. The van der Waals surface area contributed by atoms with Crippen LogP contribution in [-0.2, 0) is 11.3 Å². The molecule has 0 aromatic heterocycles. The van der Waals surface area contributed by atoms with Gasteiger partial charge in [0.05, 0.1) is 0 Å². The Morgan fingerprint density at radius 2 is 2.23 bits per heavy atom. The average molecular weight is 305 g/mol. The molecule has 5 nitrogen and oxygen atoms in total. The van der Waals surface area contributed by atoms with Gasteiger partial charge in [-0.05, 0) is 51.3 Å². The first kappa shape index (κ1) is 16.6. The van der Waals surface area contributed by atoms with E-state index in [1.54, 1.807) is 4.90 Å². The van der Waals surface area contributed by atoms with E-state index in [2.05, 4.69) is 11.4 Å². The number of nitrogens with zero attached hydrogens (tertiary/aromatic N) is 1. The molecule has 122 valence electrons. The maximum Gasteiger partial charge on any atom is 0.410 e. The van der Waals surface area contributed by atoms with Gasteiger partial charge in [0.1, 0.15) is 5.60 Å². The van der Waals surface area contributed by atoms with Crippen LogP contribution in [0.3, 0.4) is 0 Å². The standard InChI is InChI=1S/C17H27N3O2/c1-17(2,3)22-16(21)20-9-5-8-15(12-20)19-14-7-4-6-13(10-14)11-18/h4,6-7,10,15,19H,5,8-9,11-12,18H2,1-3H3. The molecule has 1 fully saturated rings. The van der Waals surface area contributed by atoms with Gasteiger partial charge in [0.15, 0.2) is 0 Å². The van der Waals surface area contributed by atoms with Gasteiger partial charge in [-0.25, -0.2) is 4.79 Å². The number of anilines is 1. The Morgan fingerprint density at radius 1 is 1.45 bits per heavy atom. The maximum atomic E-state index is 12.2. The number of nitrogens with two attached hydrogens (primary N) is 1. The number of hydrogen-bond donors (Lipinski definition) is 2. The molecule has 1 aromatic rings. The van der Waals surface area contributed by atoms with Gasteiger partial charge in [0.25, 0.3) is 0 Å². The van der Waals surface area contributed by atoms with Gasteiger partial charge >= 0.3 is 6.09 Å². The highest BCUT2D eigenvalue weighted by atomic mass is 16.6. The number of rotatable bonds is 3. The van der Waals surface area contributed by atoms with Crippen molar-refractivity contribution in [1.29, 1.82) is 0 Å². The Balaban J connectivity index is 1.94. The maximum absolute atomic E-state index is 12.2. The first-order valence-corrected chi connectivity index (χ1v) is 7.91. The molecule has 5 heteroatoms. The summed E-state index contributed by atoms with van der Waals surface area (Å²) in [5.74, 6) is 0. The Hall–Kier alpha value is -1.75. The van der Waals surface area contributed by atoms with Gasteiger partial charge in [-0.1, -0.05) is 12.1 Å². The van der Waals surface area contributed by atoms with Gasteiger partial charge in [0.2, 0.25) is 0 Å². The molecule has 0 bridgehead atoms. The Labute approximate surface area is 132 Å². The normalized spacial score (nSPS) is 18.9. The van der Waals surface area contributed by atoms with Crippen LogP contribution in [0.2, 0.25) is 0 Å². The summed E-state index contributed by atoms with van der Waals surface area (Å²) >= 11 is 0. The zero-order valence-corrected chi connectivity index (χ0v) is 13.8. The summed E-state index contributed by atoms with van der Waals surface area (Å²) in [5.41, 5.74) is 7.38. The van der Waals surface area contributed by atoms with Gasteiger partial charge in [0, 0.05) is 31.4 Å². The summed E-state index contributed by atoms with van der Waals surface area (Å²) in [6, 6.07) is 8.35. The number of likely N-dealkylation sites (tertiary alicyclic amines) is 1. The summed E-state index contributed by atoms with van der Waals surface area (Å²) in [6.07, 6.45) is 1.80. The predicted molar refractivity (Wildman–Crippen MR) is 88.8 cm³/mol. The monoisotopic (exact) mass is 305 g/mol. The number of nitrogens with one attached hydrogen (secondary N) is 1. The highest BCUT2D eigenvalue weighted by Crippen LogP contribution is 2.19. The molecule has 1 atom stereocenters. The Morgan fingerprint density at radius 3 is 2.91 bits per heavy atom. The lowest BCUT2D eigenvalue weighted by molar-refractivity contribution is 0.0206. The molecular weight excluding hydrogens is 278 g/mol. The predicted octanol–water partition coefficient (Wildman–Crippen LogP) is 2.96. The van der Waals surface area contributed by atoms with Crippen LogP contribution in [0.4, 0.5) is 10.5 Å². The van der Waals surface area contributed by atoms with Crippen LogP contribution in [0, 0.1) is 0 Å². The molecule has 1 aromatic carbocycles. The van der Waals surface area contributed by atoms with Crippen LogP contribution in [0.15, 0.2) is 24.3 Å². The van der Waals surface area contributed by atoms with Crippen molar-refractivity contribution in [2.75, 3.05) is 18.4 Å². The van der Waals surface area contributed by atoms with Crippen molar-refractivity contribution in [1.82, 2.24) is 4.90 Å². The van der Waals surface area contributed by atoms with Crippen LogP contribution in [0.5, 0.6) is 0 Å². The summed E-state index contributed by atoms with van der Waals surface area (Å²) in [4.78, 5) is 14.0. The van der Waals surface area contributed by atoms with E-state index < -0.39 is 5.60 Å². The minimum atomic E-state index is -0.451. The smallest absolute Gasteiger partial charge is 0.410 e. The fourth-order valence-electron chi connectivity index (χ4n) is 2.61. The van der Waals surface area contributed by atoms with Crippen molar-refractivity contribution in [3.05, 3.63) is 29.8 Å². The second-order valence-corrected chi connectivity index (χ2v) is 6.81. The number of ether oxygens (including phenoxy) is 1. The highest BCUT2D eigenvalue weighted by molar-refractivity contribution is 5.68. The molecule has 0 aliphatic carbocycles. The van der Waals surface area contributed by atoms with E-state index in [0.717, 1.165) is 30.6 Å². The van der Waals surface area contributed by atoms with E-state index in [1.807, 2.05) is 39.0 Å². The average Bonchev–Trinajstić information content (AvgIpc) is 2.46. The van der Waals surface area contributed by atoms with Crippen LogP contribution in [0.1, 0.15) is 39.2 Å². The third-order valence-corrected chi connectivity index (χ3v) is 3.61. The molecule has 22 heavy (non-hydrogen) atoms.